The number of esters is 1. The summed E-state index contributed by atoms with van der Waals surface area (Å²) in [6, 6.07) is 29.9. The highest BCUT2D eigenvalue weighted by Gasteiger charge is 2.23. The normalized spacial score (nSPS) is 11.3. The first kappa shape index (κ1) is 104. The molecule has 0 unspecified atom stereocenters. The lowest BCUT2D eigenvalue weighted by Gasteiger charge is -2.20. The van der Waals surface area contributed by atoms with Crippen LogP contribution in [0.15, 0.2) is 97.6 Å². The van der Waals surface area contributed by atoms with Gasteiger partial charge in [0.2, 0.25) is 5.75 Å². The largest absolute Gasteiger partial charge is 0.490 e. The number of hydrogen-bond donors (Lipinski definition) is 0. The van der Waals surface area contributed by atoms with E-state index in [1.165, 1.54) is 308 Å². The molecule has 0 spiro atoms. The first-order valence-electron chi connectivity index (χ1n) is 50.4. The van der Waals surface area contributed by atoms with E-state index in [4.69, 9.17) is 47.4 Å². The fraction of sp³-hybridized carbons (Fsp3) is 0.697. The summed E-state index contributed by atoms with van der Waals surface area (Å²) in [5, 5.41) is 0. The number of rotatable bonds is 85. The van der Waals surface area contributed by atoms with Gasteiger partial charge in [0, 0.05) is 0 Å². The van der Waals surface area contributed by atoms with Crippen LogP contribution in [-0.2, 0) is 31.2 Å². The molecule has 0 saturated carbocycles. The summed E-state index contributed by atoms with van der Waals surface area (Å²) in [6.07, 6.45) is 77.2. The van der Waals surface area contributed by atoms with Crippen molar-refractivity contribution >= 4 is 12.0 Å². The highest BCUT2D eigenvalue weighted by atomic mass is 16.6. The van der Waals surface area contributed by atoms with E-state index in [9.17, 15) is 4.79 Å². The molecule has 678 valence electrons. The van der Waals surface area contributed by atoms with Crippen molar-refractivity contribution in [3.63, 3.8) is 0 Å². The molecular weight excluding hydrogens is 1490 g/mol. The smallest absolute Gasteiger partial charge is 0.338 e. The van der Waals surface area contributed by atoms with E-state index in [0.717, 1.165) is 122 Å². The molecule has 5 rings (SSSR count). The molecule has 0 aliphatic carbocycles. The van der Waals surface area contributed by atoms with Crippen molar-refractivity contribution in [3.8, 4) is 51.7 Å². The van der Waals surface area contributed by atoms with Crippen LogP contribution in [0.5, 0.6) is 51.7 Å². The third kappa shape index (κ3) is 51.6. The van der Waals surface area contributed by atoms with Gasteiger partial charge in [-0.2, -0.15) is 0 Å². The molecule has 0 N–H and O–H groups in total. The highest BCUT2D eigenvalue weighted by Crippen LogP contribution is 2.43. The van der Waals surface area contributed by atoms with Gasteiger partial charge in [-0.3, -0.25) is 0 Å². The van der Waals surface area contributed by atoms with Gasteiger partial charge < -0.3 is 47.4 Å². The van der Waals surface area contributed by atoms with Gasteiger partial charge in [0.15, 0.2) is 46.0 Å². The van der Waals surface area contributed by atoms with Gasteiger partial charge in [-0.1, -0.05) is 443 Å². The lowest BCUT2D eigenvalue weighted by atomic mass is 10.1. The number of carbonyl (C=O) groups excluding carboxylic acids is 1. The summed E-state index contributed by atoms with van der Waals surface area (Å²) in [4.78, 5) is 14.8. The second kappa shape index (κ2) is 74.0. The Labute approximate surface area is 735 Å². The molecule has 0 atom stereocenters. The number of unbranched alkanes of at least 4 members (excludes halogenated alkanes) is 54. The zero-order valence-electron chi connectivity index (χ0n) is 77.9. The standard InChI is InChI=1S/C109H176O11/c1-8-15-21-27-33-39-45-51-57-63-79-111-100-76-73-96(85-103(100)114-82-66-60-54-48-42-36-30-24-18-11-4)91-117-106-88-99(109(110)120-90-95-71-69-94(14-7)70-72-95)89-107(118-92-97-74-77-101(112-80-64-58-52-46-40-34-28-22-16-9-2)104(86-97)115-83-67-61-55-49-43-37-31-25-19-12-5)108(106)119-93-98-75-78-102(113-81-65-59-53-47-41-35-29-23-17-10-3)105(87-98)116-84-68-62-56-50-44-38-32-26-20-13-6/h14,69-78,85-89H,7-13,15-68,79-84,90-93H2,1-6H3. The van der Waals surface area contributed by atoms with Crippen LogP contribution in [-0.4, -0.2) is 45.6 Å². The summed E-state index contributed by atoms with van der Waals surface area (Å²) in [7, 11) is 0. The van der Waals surface area contributed by atoms with E-state index in [1.54, 1.807) is 12.1 Å². The Hall–Kier alpha value is -6.49. The average molecular weight is 1660 g/mol. The molecule has 0 heterocycles. The van der Waals surface area contributed by atoms with Gasteiger partial charge in [0.25, 0.3) is 0 Å². The molecule has 0 bridgehead atoms. The molecule has 11 heteroatoms. The van der Waals surface area contributed by atoms with Gasteiger partial charge in [-0.05, 0) is 115 Å². The molecule has 120 heavy (non-hydrogen) atoms. The summed E-state index contributed by atoms with van der Waals surface area (Å²) in [5.41, 5.74) is 4.74. The van der Waals surface area contributed by atoms with E-state index >= 15 is 0 Å². The molecular formula is C109H176O11. The third-order valence-electron chi connectivity index (χ3n) is 23.6. The first-order valence-corrected chi connectivity index (χ1v) is 50.4. The Balaban J connectivity index is 1.52. The van der Waals surface area contributed by atoms with E-state index in [1.807, 2.05) is 48.5 Å². The van der Waals surface area contributed by atoms with Crippen LogP contribution in [0.25, 0.3) is 6.08 Å². The SMILES string of the molecule is C=Cc1ccc(COC(=O)c2cc(OCc3ccc(OCCCCCCCCCCCC)c(OCCCCCCCCCCCC)c3)c(OCc3ccc(OCCCCCCCCCCCC)c(OCCCCCCCCCCCC)c3)c(OCc3ccc(OCCCCCCCCCCCC)c(OCCCCCCCCCCCC)c3)c2)cc1. The third-order valence-corrected chi connectivity index (χ3v) is 23.6. The molecule has 0 aromatic heterocycles. The second-order valence-electron chi connectivity index (χ2n) is 34.7. The van der Waals surface area contributed by atoms with Crippen molar-refractivity contribution in [2.24, 2.45) is 0 Å². The highest BCUT2D eigenvalue weighted by molar-refractivity contribution is 5.91. The maximum Gasteiger partial charge on any atom is 0.338 e. The Morgan fingerprint density at radius 2 is 0.442 bits per heavy atom. The fourth-order valence-corrected chi connectivity index (χ4v) is 15.8. The average Bonchev–Trinajstić information content (AvgIpc) is 0.802. The lowest BCUT2D eigenvalue weighted by Crippen LogP contribution is -2.10. The van der Waals surface area contributed by atoms with Crippen LogP contribution in [0.2, 0.25) is 0 Å². The van der Waals surface area contributed by atoms with Crippen LogP contribution in [0, 0.1) is 0 Å². The van der Waals surface area contributed by atoms with Crippen LogP contribution in [0.3, 0.4) is 0 Å². The van der Waals surface area contributed by atoms with E-state index in [2.05, 4.69) is 84.5 Å². The Morgan fingerprint density at radius 1 is 0.225 bits per heavy atom. The van der Waals surface area contributed by atoms with Crippen LogP contribution < -0.4 is 42.6 Å². The number of hydrogen-bond acceptors (Lipinski definition) is 11. The summed E-state index contributed by atoms with van der Waals surface area (Å²) >= 11 is 0. The van der Waals surface area contributed by atoms with Gasteiger partial charge in [0.05, 0.1) is 45.2 Å². The zero-order valence-corrected chi connectivity index (χ0v) is 77.9. The first-order chi connectivity index (χ1) is 59.3. The van der Waals surface area contributed by atoms with Crippen LogP contribution in [0.1, 0.15) is 465 Å². The molecule has 0 amide bonds. The van der Waals surface area contributed by atoms with Gasteiger partial charge in [-0.25, -0.2) is 4.79 Å². The Kier molecular flexibility index (Phi) is 64.2. The molecule has 0 aliphatic heterocycles. The number of benzene rings is 5. The van der Waals surface area contributed by atoms with Crippen molar-refractivity contribution in [2.45, 2.75) is 453 Å². The molecule has 0 saturated heterocycles. The minimum atomic E-state index is -0.528. The van der Waals surface area contributed by atoms with E-state index in [0.29, 0.717) is 74.1 Å². The predicted molar refractivity (Wildman–Crippen MR) is 508 cm³/mol. The van der Waals surface area contributed by atoms with Crippen molar-refractivity contribution < 1.29 is 52.2 Å². The fourth-order valence-electron chi connectivity index (χ4n) is 15.8. The van der Waals surface area contributed by atoms with Gasteiger partial charge >= 0.3 is 5.97 Å². The topological polar surface area (TPSA) is 109 Å². The molecule has 5 aromatic carbocycles. The van der Waals surface area contributed by atoms with E-state index < -0.39 is 5.97 Å². The van der Waals surface area contributed by atoms with Gasteiger partial charge in [-0.15, -0.1) is 0 Å². The van der Waals surface area contributed by atoms with Gasteiger partial charge in [0.1, 0.15) is 26.4 Å². The minimum absolute atomic E-state index is 0.0640. The lowest BCUT2D eigenvalue weighted by molar-refractivity contribution is 0.0471. The predicted octanol–water partition coefficient (Wildman–Crippen LogP) is 34.2. The summed E-state index contributed by atoms with van der Waals surface area (Å²) < 4.78 is 67.5. The van der Waals surface area contributed by atoms with Crippen molar-refractivity contribution in [1.82, 2.24) is 0 Å². The van der Waals surface area contributed by atoms with Crippen molar-refractivity contribution in [3.05, 3.63) is 131 Å². The number of carbonyl (C=O) groups is 1. The number of ether oxygens (including phenoxy) is 10. The zero-order chi connectivity index (χ0) is 85.1. The maximum atomic E-state index is 14.8. The molecule has 0 aliphatic rings. The summed E-state index contributed by atoms with van der Waals surface area (Å²) in [5.74, 6) is 4.85. The van der Waals surface area contributed by atoms with Crippen LogP contribution >= 0.6 is 0 Å². The monoisotopic (exact) mass is 1660 g/mol. The summed E-state index contributed by atoms with van der Waals surface area (Å²) in [6.45, 7) is 21.8. The maximum absolute atomic E-state index is 14.8. The molecule has 0 fully saturated rings. The van der Waals surface area contributed by atoms with Crippen molar-refractivity contribution in [2.75, 3.05) is 39.6 Å². The van der Waals surface area contributed by atoms with E-state index in [-0.39, 0.29) is 32.0 Å². The molecule has 11 nitrogen and oxygen atoms in total. The minimum Gasteiger partial charge on any atom is -0.490 e. The van der Waals surface area contributed by atoms with Crippen LogP contribution in [0.4, 0.5) is 0 Å². The second-order valence-corrected chi connectivity index (χ2v) is 34.7. The quantitative estimate of drug-likeness (QED) is 0.0274. The Morgan fingerprint density at radius 3 is 0.683 bits per heavy atom. The molecule has 0 radical (unpaired) electrons. The molecule has 5 aromatic rings. The van der Waals surface area contributed by atoms with Crippen molar-refractivity contribution in [1.29, 1.82) is 0 Å². The Bertz CT molecular complexity index is 3110.